The van der Waals surface area contributed by atoms with E-state index in [4.69, 9.17) is 5.73 Å². The molecule has 0 aliphatic heterocycles. The minimum atomic E-state index is -0.256. The zero-order valence-electron chi connectivity index (χ0n) is 5.87. The van der Waals surface area contributed by atoms with Gasteiger partial charge >= 0.3 is 5.56 Å². The van der Waals surface area contributed by atoms with Gasteiger partial charge in [0.05, 0.1) is 0 Å². The highest BCUT2D eigenvalue weighted by molar-refractivity contribution is 5.85. The summed E-state index contributed by atoms with van der Waals surface area (Å²) < 4.78 is 4.31. The Morgan fingerprint density at radius 1 is 1.64 bits per heavy atom. The Kier molecular flexibility index (Phi) is 4.56. The molecule has 1 aromatic heterocycles. The molecule has 0 aliphatic rings. The van der Waals surface area contributed by atoms with Crippen molar-refractivity contribution in [3.63, 3.8) is 0 Å². The highest BCUT2D eigenvalue weighted by Gasteiger charge is 2.01. The molecule has 0 aromatic carbocycles. The summed E-state index contributed by atoms with van der Waals surface area (Å²) in [5.41, 5.74) is 5.39. The van der Waals surface area contributed by atoms with Crippen LogP contribution in [0.1, 0.15) is 12.1 Å². The predicted octanol–water partition coefficient (Wildman–Crippen LogP) is -0.324. The van der Waals surface area contributed by atoms with Crippen molar-refractivity contribution >= 4 is 12.4 Å². The van der Waals surface area contributed by atoms with E-state index >= 15 is 0 Å². The molecule has 0 atom stereocenters. The van der Waals surface area contributed by atoms with Crippen LogP contribution in [0.5, 0.6) is 0 Å². The Labute approximate surface area is 69.3 Å². The number of nitrogens with zero attached hydrogens (tertiary/aromatic N) is 1. The second-order valence-electron chi connectivity index (χ2n) is 1.95. The summed E-state index contributed by atoms with van der Waals surface area (Å²) >= 11 is 0. The predicted molar refractivity (Wildman–Crippen MR) is 41.7 cm³/mol. The summed E-state index contributed by atoms with van der Waals surface area (Å²) in [6.07, 6.45) is 1.35. The number of nitrogens with one attached hydrogen (secondary N) is 1. The number of aromatic nitrogens is 2. The Morgan fingerprint density at radius 3 is 2.82 bits per heavy atom. The van der Waals surface area contributed by atoms with Gasteiger partial charge in [0.15, 0.2) is 5.69 Å². The first-order valence-corrected chi connectivity index (χ1v) is 3.08. The molecule has 64 valence electrons. The monoisotopic (exact) mass is 179 g/mol. The van der Waals surface area contributed by atoms with E-state index in [0.717, 1.165) is 6.42 Å². The van der Waals surface area contributed by atoms with Crippen molar-refractivity contribution in [2.75, 3.05) is 6.54 Å². The van der Waals surface area contributed by atoms with Crippen LogP contribution >= 0.6 is 12.4 Å². The zero-order chi connectivity index (χ0) is 7.40. The fourth-order valence-electron chi connectivity index (χ4n) is 0.648. The zero-order valence-corrected chi connectivity index (χ0v) is 6.69. The maximum atomic E-state index is 10.7. The molecule has 0 bridgehead atoms. The van der Waals surface area contributed by atoms with E-state index < -0.39 is 0 Å². The molecule has 3 N–H and O–H groups in total. The number of aromatic amines is 1. The van der Waals surface area contributed by atoms with E-state index in [1.165, 1.54) is 0 Å². The molecule has 11 heavy (non-hydrogen) atoms. The number of aryl methyl sites for hydroxylation is 1. The molecule has 0 radical (unpaired) electrons. The third kappa shape index (κ3) is 2.73. The number of halogens is 1. The molecule has 0 saturated heterocycles. The van der Waals surface area contributed by atoms with Crippen molar-refractivity contribution in [2.45, 2.75) is 12.8 Å². The van der Waals surface area contributed by atoms with Gasteiger partial charge in [0.25, 0.3) is 0 Å². The summed E-state index contributed by atoms with van der Waals surface area (Å²) in [7, 11) is 0. The van der Waals surface area contributed by atoms with Crippen LogP contribution in [0, 0.1) is 0 Å². The minimum absolute atomic E-state index is 0. The van der Waals surface area contributed by atoms with Gasteiger partial charge in [-0.15, -0.1) is 12.4 Å². The summed E-state index contributed by atoms with van der Waals surface area (Å²) in [6, 6.07) is 0. The Hall–Kier alpha value is -0.810. The van der Waals surface area contributed by atoms with Gasteiger partial charge in [-0.3, -0.25) is 9.42 Å². The fourth-order valence-corrected chi connectivity index (χ4v) is 0.648. The van der Waals surface area contributed by atoms with Crippen LogP contribution in [0.3, 0.4) is 0 Å². The smallest absolute Gasteiger partial charge is 0.303 e. The van der Waals surface area contributed by atoms with Crippen LogP contribution in [-0.4, -0.2) is 16.9 Å². The highest BCUT2D eigenvalue weighted by atomic mass is 35.5. The molecule has 6 heteroatoms. The molecule has 1 rings (SSSR count). The van der Waals surface area contributed by atoms with Crippen LogP contribution in [0.2, 0.25) is 0 Å². The largest absolute Gasteiger partial charge is 0.330 e. The molecule has 5 nitrogen and oxygen atoms in total. The first-order chi connectivity index (χ1) is 4.84. The maximum absolute atomic E-state index is 10.7. The molecule has 0 spiro atoms. The summed E-state index contributed by atoms with van der Waals surface area (Å²) in [4.78, 5) is 10.7. The average Bonchev–Trinajstić information content (AvgIpc) is 2.31. The molecule has 1 heterocycles. The lowest BCUT2D eigenvalue weighted by Crippen LogP contribution is -2.09. The van der Waals surface area contributed by atoms with Crippen LogP contribution < -0.4 is 11.3 Å². The SMILES string of the molecule is Cl.NCCCc1no[nH]c1=O. The first kappa shape index (κ1) is 10.2. The van der Waals surface area contributed by atoms with Gasteiger partial charge < -0.3 is 5.73 Å². The highest BCUT2D eigenvalue weighted by Crippen LogP contribution is 1.88. The van der Waals surface area contributed by atoms with E-state index in [1.807, 2.05) is 0 Å². The molecule has 0 aliphatic carbocycles. The van der Waals surface area contributed by atoms with Gasteiger partial charge in [-0.25, -0.2) is 0 Å². The first-order valence-electron chi connectivity index (χ1n) is 3.08. The second kappa shape index (κ2) is 4.92. The average molecular weight is 180 g/mol. The van der Waals surface area contributed by atoms with E-state index in [2.05, 4.69) is 14.9 Å². The molecular formula is C5H10ClN3O2. The van der Waals surface area contributed by atoms with E-state index in [1.54, 1.807) is 0 Å². The summed E-state index contributed by atoms with van der Waals surface area (Å²) in [5.74, 6) is 0. The van der Waals surface area contributed by atoms with Crippen molar-refractivity contribution in [3.05, 3.63) is 16.0 Å². The topological polar surface area (TPSA) is 84.9 Å². The molecule has 0 amide bonds. The quantitative estimate of drug-likeness (QED) is 0.666. The lowest BCUT2D eigenvalue weighted by Gasteiger charge is -1.86. The molecule has 0 fully saturated rings. The van der Waals surface area contributed by atoms with Crippen molar-refractivity contribution in [2.24, 2.45) is 5.73 Å². The number of H-pyrrole nitrogens is 1. The van der Waals surface area contributed by atoms with E-state index in [-0.39, 0.29) is 18.0 Å². The van der Waals surface area contributed by atoms with Crippen molar-refractivity contribution in [1.29, 1.82) is 0 Å². The Morgan fingerprint density at radius 2 is 2.36 bits per heavy atom. The van der Waals surface area contributed by atoms with E-state index in [9.17, 15) is 4.79 Å². The Balaban J connectivity index is 0.000001000. The number of hydrogen-bond donors (Lipinski definition) is 2. The van der Waals surface area contributed by atoms with Gasteiger partial charge in [-0.2, -0.15) is 5.16 Å². The normalized spacial score (nSPS) is 9.18. The van der Waals surface area contributed by atoms with Crippen molar-refractivity contribution in [1.82, 2.24) is 10.3 Å². The second-order valence-corrected chi connectivity index (χ2v) is 1.95. The van der Waals surface area contributed by atoms with Gasteiger partial charge in [0.2, 0.25) is 0 Å². The van der Waals surface area contributed by atoms with Crippen LogP contribution in [-0.2, 0) is 6.42 Å². The van der Waals surface area contributed by atoms with Gasteiger partial charge in [-0.1, -0.05) is 5.16 Å². The number of hydrogen-bond acceptors (Lipinski definition) is 4. The van der Waals surface area contributed by atoms with Gasteiger partial charge in [0, 0.05) is 6.42 Å². The maximum Gasteiger partial charge on any atom is 0.303 e. The third-order valence-corrected chi connectivity index (χ3v) is 1.17. The summed E-state index contributed by atoms with van der Waals surface area (Å²) in [5, 5.41) is 5.55. The third-order valence-electron chi connectivity index (χ3n) is 1.17. The van der Waals surface area contributed by atoms with Gasteiger partial charge in [0.1, 0.15) is 0 Å². The summed E-state index contributed by atoms with van der Waals surface area (Å²) in [6.45, 7) is 0.562. The Bertz CT molecular complexity index is 244. The van der Waals surface area contributed by atoms with Crippen LogP contribution in [0.25, 0.3) is 0 Å². The molecule has 0 unspecified atom stereocenters. The van der Waals surface area contributed by atoms with E-state index in [0.29, 0.717) is 18.7 Å². The minimum Gasteiger partial charge on any atom is -0.330 e. The van der Waals surface area contributed by atoms with Crippen LogP contribution in [0.15, 0.2) is 9.42 Å². The standard InChI is InChI=1S/C5H9N3O2.ClH/c6-3-1-2-4-5(9)8-10-7-4;/h1-3,6H2,(H,8,9);1H. The molecule has 0 saturated carbocycles. The van der Waals surface area contributed by atoms with Crippen molar-refractivity contribution in [3.8, 4) is 0 Å². The van der Waals surface area contributed by atoms with Gasteiger partial charge in [-0.05, 0) is 13.0 Å². The lowest BCUT2D eigenvalue weighted by atomic mass is 10.2. The fraction of sp³-hybridized carbons (Fsp3) is 0.600. The van der Waals surface area contributed by atoms with Crippen molar-refractivity contribution < 1.29 is 4.63 Å². The number of rotatable bonds is 3. The molecular weight excluding hydrogens is 170 g/mol. The lowest BCUT2D eigenvalue weighted by molar-refractivity contribution is 0.300. The molecule has 1 aromatic rings. The number of nitrogens with two attached hydrogens (primary N) is 1. The van der Waals surface area contributed by atoms with Crippen LogP contribution in [0.4, 0.5) is 0 Å².